The molecule has 3 rings (SSSR count). The number of carbonyl (C=O) groups is 1. The first kappa shape index (κ1) is 17.7. The molecule has 0 amide bonds. The van der Waals surface area contributed by atoms with Crippen LogP contribution in [-0.2, 0) is 12.3 Å². The Bertz CT molecular complexity index is 921. The number of benzene rings is 2. The molecule has 0 aliphatic rings. The normalized spacial score (nSPS) is 11.3. The summed E-state index contributed by atoms with van der Waals surface area (Å²) in [7, 11) is 0. The summed E-state index contributed by atoms with van der Waals surface area (Å²) in [6.07, 6.45) is 3.44. The van der Waals surface area contributed by atoms with Gasteiger partial charge in [0.25, 0.3) is 5.92 Å². The van der Waals surface area contributed by atoms with Crippen LogP contribution in [0, 0.1) is 0 Å². The summed E-state index contributed by atoms with van der Waals surface area (Å²) in [4.78, 5) is 19.4. The third kappa shape index (κ3) is 3.91. The van der Waals surface area contributed by atoms with E-state index < -0.39 is 11.9 Å². The van der Waals surface area contributed by atoms with Crippen molar-refractivity contribution in [2.24, 2.45) is 0 Å². The van der Waals surface area contributed by atoms with Crippen LogP contribution in [0.4, 0.5) is 8.78 Å². The van der Waals surface area contributed by atoms with Crippen molar-refractivity contribution >= 4 is 5.97 Å². The lowest BCUT2D eigenvalue weighted by molar-refractivity contribution is 0.0174. The Morgan fingerprint density at radius 2 is 1.85 bits per heavy atom. The van der Waals surface area contributed by atoms with Crippen molar-refractivity contribution in [1.29, 1.82) is 0 Å². The van der Waals surface area contributed by atoms with Gasteiger partial charge in [0.1, 0.15) is 6.33 Å². The van der Waals surface area contributed by atoms with Gasteiger partial charge < -0.3 is 5.11 Å². The van der Waals surface area contributed by atoms with E-state index in [9.17, 15) is 18.7 Å². The van der Waals surface area contributed by atoms with Gasteiger partial charge in [-0.1, -0.05) is 30.3 Å². The lowest BCUT2D eigenvalue weighted by atomic mass is 9.95. The van der Waals surface area contributed by atoms with E-state index in [2.05, 4.69) is 9.97 Å². The molecule has 0 spiro atoms. The smallest absolute Gasteiger partial charge is 0.335 e. The van der Waals surface area contributed by atoms with Crippen molar-refractivity contribution in [1.82, 2.24) is 9.97 Å². The van der Waals surface area contributed by atoms with E-state index in [1.165, 1.54) is 24.5 Å². The summed E-state index contributed by atoms with van der Waals surface area (Å²) in [6, 6.07) is 12.6. The number of aromatic carboxylic acids is 1. The Morgan fingerprint density at radius 3 is 2.42 bits per heavy atom. The molecule has 6 heteroatoms. The first-order valence-corrected chi connectivity index (χ1v) is 7.94. The molecule has 0 saturated heterocycles. The van der Waals surface area contributed by atoms with Crippen LogP contribution in [0.1, 0.15) is 34.0 Å². The number of hydrogen-bond donors (Lipinski definition) is 1. The average molecular weight is 354 g/mol. The minimum absolute atomic E-state index is 0.0431. The second-order valence-corrected chi connectivity index (χ2v) is 6.03. The number of alkyl halides is 2. The highest BCUT2D eigenvalue weighted by Gasteiger charge is 2.23. The zero-order chi connectivity index (χ0) is 18.7. The van der Waals surface area contributed by atoms with Crippen molar-refractivity contribution in [2.75, 3.05) is 0 Å². The lowest BCUT2D eigenvalue weighted by Crippen LogP contribution is -2.06. The Hall–Kier alpha value is -3.15. The molecule has 1 N–H and O–H groups in total. The summed E-state index contributed by atoms with van der Waals surface area (Å²) in [5, 5.41) is 9.24. The molecule has 0 aliphatic carbocycles. The molecule has 0 radical (unpaired) electrons. The topological polar surface area (TPSA) is 63.1 Å². The average Bonchev–Trinajstić information content (AvgIpc) is 2.62. The van der Waals surface area contributed by atoms with Crippen LogP contribution in [0.2, 0.25) is 0 Å². The Morgan fingerprint density at radius 1 is 1.12 bits per heavy atom. The highest BCUT2D eigenvalue weighted by Crippen LogP contribution is 2.29. The summed E-state index contributed by atoms with van der Waals surface area (Å²) >= 11 is 0. The van der Waals surface area contributed by atoms with E-state index in [4.69, 9.17) is 0 Å². The highest BCUT2D eigenvalue weighted by molar-refractivity contribution is 5.89. The van der Waals surface area contributed by atoms with Crippen LogP contribution < -0.4 is 0 Å². The first-order valence-electron chi connectivity index (χ1n) is 7.94. The quantitative estimate of drug-likeness (QED) is 0.730. The molecule has 4 nitrogen and oxygen atoms in total. The molecule has 0 bridgehead atoms. The van der Waals surface area contributed by atoms with E-state index in [1.54, 1.807) is 36.5 Å². The molecule has 3 aromatic rings. The van der Waals surface area contributed by atoms with Gasteiger partial charge in [-0.3, -0.25) is 0 Å². The zero-order valence-electron chi connectivity index (χ0n) is 14.0. The molecule has 0 saturated carbocycles. The second-order valence-electron chi connectivity index (χ2n) is 6.03. The van der Waals surface area contributed by atoms with Gasteiger partial charge in [-0.05, 0) is 35.7 Å². The minimum Gasteiger partial charge on any atom is -0.478 e. The Kier molecular flexibility index (Phi) is 4.75. The fraction of sp³-hybridized carbons (Fsp3) is 0.150. The molecular formula is C20H16F2N2O2. The van der Waals surface area contributed by atoms with Crippen LogP contribution in [0.5, 0.6) is 0 Å². The van der Waals surface area contributed by atoms with Crippen LogP contribution in [0.3, 0.4) is 0 Å². The number of hydrogen-bond acceptors (Lipinski definition) is 3. The van der Waals surface area contributed by atoms with Gasteiger partial charge >= 0.3 is 5.97 Å². The van der Waals surface area contributed by atoms with Crippen LogP contribution in [-0.4, -0.2) is 21.0 Å². The second kappa shape index (κ2) is 7.00. The van der Waals surface area contributed by atoms with Gasteiger partial charge in [0, 0.05) is 24.2 Å². The van der Waals surface area contributed by atoms with Gasteiger partial charge in [-0.15, -0.1) is 0 Å². The highest BCUT2D eigenvalue weighted by atomic mass is 19.3. The van der Waals surface area contributed by atoms with E-state index in [0.29, 0.717) is 17.7 Å². The predicted octanol–water partition coefficient (Wildman–Crippen LogP) is 4.54. The number of aromatic nitrogens is 2. The largest absolute Gasteiger partial charge is 0.478 e. The predicted molar refractivity (Wildman–Crippen MR) is 93.2 cm³/mol. The van der Waals surface area contributed by atoms with E-state index in [1.807, 2.05) is 0 Å². The lowest BCUT2D eigenvalue weighted by Gasteiger charge is -2.13. The molecule has 0 aliphatic heterocycles. The third-order valence-electron chi connectivity index (χ3n) is 4.07. The Labute approximate surface area is 149 Å². The molecule has 0 unspecified atom stereocenters. The number of carboxylic acids is 1. The molecule has 2 aromatic carbocycles. The van der Waals surface area contributed by atoms with Gasteiger partial charge in [0.05, 0.1) is 11.3 Å². The molecule has 1 heterocycles. The van der Waals surface area contributed by atoms with E-state index in [-0.39, 0.29) is 11.1 Å². The van der Waals surface area contributed by atoms with E-state index >= 15 is 0 Å². The van der Waals surface area contributed by atoms with Crippen LogP contribution in [0.15, 0.2) is 61.1 Å². The molecule has 26 heavy (non-hydrogen) atoms. The first-order chi connectivity index (χ1) is 12.3. The monoisotopic (exact) mass is 354 g/mol. The maximum atomic E-state index is 13.3. The standard InChI is InChI=1S/C20H16F2N2O2/c1-20(21,22)16-6-2-13(3-7-16)10-14-4-5-15(19(25)26)11-17(14)18-8-9-23-12-24-18/h2-9,11-12H,10H2,1H3,(H,25,26). The minimum atomic E-state index is -2.88. The number of rotatable bonds is 5. The van der Waals surface area contributed by atoms with Crippen LogP contribution in [0.25, 0.3) is 11.3 Å². The molecule has 0 fully saturated rings. The maximum Gasteiger partial charge on any atom is 0.335 e. The van der Waals surface area contributed by atoms with Crippen molar-refractivity contribution in [3.8, 4) is 11.3 Å². The molecule has 1 aromatic heterocycles. The van der Waals surface area contributed by atoms with Gasteiger partial charge in [-0.2, -0.15) is 0 Å². The number of carboxylic acid groups (broad SMARTS) is 1. The van der Waals surface area contributed by atoms with Gasteiger partial charge in [0.2, 0.25) is 0 Å². The van der Waals surface area contributed by atoms with Crippen molar-refractivity contribution in [3.63, 3.8) is 0 Å². The fourth-order valence-corrected chi connectivity index (χ4v) is 2.69. The zero-order valence-corrected chi connectivity index (χ0v) is 14.0. The van der Waals surface area contributed by atoms with Crippen molar-refractivity contribution < 1.29 is 18.7 Å². The third-order valence-corrected chi connectivity index (χ3v) is 4.07. The SMILES string of the molecule is CC(F)(F)c1ccc(Cc2ccc(C(=O)O)cc2-c2ccncn2)cc1. The van der Waals surface area contributed by atoms with Crippen LogP contribution >= 0.6 is 0 Å². The van der Waals surface area contributed by atoms with Gasteiger partial charge in [-0.25, -0.2) is 23.5 Å². The Balaban J connectivity index is 1.98. The summed E-state index contributed by atoms with van der Waals surface area (Å²) in [6.45, 7) is 0.861. The van der Waals surface area contributed by atoms with Crippen molar-refractivity contribution in [3.05, 3.63) is 83.3 Å². The maximum absolute atomic E-state index is 13.3. The van der Waals surface area contributed by atoms with Crippen molar-refractivity contribution in [2.45, 2.75) is 19.3 Å². The number of halogens is 2. The van der Waals surface area contributed by atoms with Gasteiger partial charge in [0.15, 0.2) is 0 Å². The summed E-state index contributed by atoms with van der Waals surface area (Å²) < 4.78 is 26.7. The number of nitrogens with zero attached hydrogens (tertiary/aromatic N) is 2. The summed E-state index contributed by atoms with van der Waals surface area (Å²) in [5.74, 6) is -3.91. The molecular weight excluding hydrogens is 338 g/mol. The summed E-state index contributed by atoms with van der Waals surface area (Å²) in [5.41, 5.74) is 3.09. The van der Waals surface area contributed by atoms with E-state index in [0.717, 1.165) is 18.1 Å². The molecule has 0 atom stereocenters. The fourth-order valence-electron chi connectivity index (χ4n) is 2.69. The molecule has 132 valence electrons.